The lowest BCUT2D eigenvalue weighted by Gasteiger charge is -2.35. The fourth-order valence-electron chi connectivity index (χ4n) is 7.78. The fraction of sp³-hybridized carbons (Fsp3) is 0.0714. The lowest BCUT2D eigenvalue weighted by atomic mass is 9.73. The number of para-hydroxylation sites is 1. The van der Waals surface area contributed by atoms with Crippen molar-refractivity contribution >= 4 is 43.4 Å². The van der Waals surface area contributed by atoms with Gasteiger partial charge >= 0.3 is 0 Å². The first-order valence-corrected chi connectivity index (χ1v) is 15.2. The molecule has 1 aliphatic rings. The molecular weight excluding hydrogens is 532 g/mol. The Labute approximate surface area is 256 Å². The van der Waals surface area contributed by atoms with Crippen LogP contribution >= 0.6 is 0 Å². The fourth-order valence-corrected chi connectivity index (χ4v) is 7.78. The van der Waals surface area contributed by atoms with E-state index in [-0.39, 0.29) is 5.41 Å². The van der Waals surface area contributed by atoms with Crippen LogP contribution in [-0.4, -0.2) is 4.57 Å². The topological polar surface area (TPSA) is 28.7 Å². The molecule has 0 spiro atoms. The predicted octanol–water partition coefficient (Wildman–Crippen LogP) is 10.9. The summed E-state index contributed by atoms with van der Waals surface area (Å²) in [5, 5.41) is 17.0. The lowest BCUT2D eigenvalue weighted by Crippen LogP contribution is -2.26. The number of hydrogen-bond acceptors (Lipinski definition) is 1. The average molecular weight is 561 g/mol. The number of nitrogens with zero attached hydrogens (tertiary/aromatic N) is 2. The largest absolute Gasteiger partial charge is 0.309 e. The van der Waals surface area contributed by atoms with Crippen molar-refractivity contribution in [2.75, 3.05) is 0 Å². The van der Waals surface area contributed by atoms with E-state index in [9.17, 15) is 5.26 Å². The first-order chi connectivity index (χ1) is 21.6. The first kappa shape index (κ1) is 24.9. The van der Waals surface area contributed by atoms with Gasteiger partial charge in [0.1, 0.15) is 0 Å². The van der Waals surface area contributed by atoms with Crippen molar-refractivity contribution < 1.29 is 0 Å². The molecule has 2 heterocycles. The predicted molar refractivity (Wildman–Crippen MR) is 184 cm³/mol. The van der Waals surface area contributed by atoms with Crippen molar-refractivity contribution in [2.24, 2.45) is 0 Å². The molecule has 0 aliphatic carbocycles. The van der Waals surface area contributed by atoms with E-state index in [1.165, 1.54) is 71.5 Å². The third kappa shape index (κ3) is 3.24. The standard InChI is InChI=1S/C42H28N2/c1-42(2)35-18-10-17-33-34-23-26(25-43)19-21-37(34)44(41(33)35)38-22-20-28(24-36(38)42)40-31-15-8-6-13-29(31)39(27-11-4-3-5-12-27)30-14-7-9-16-32(30)40/h3-24H,1-2H3. The molecule has 0 N–H and O–H groups in total. The number of aromatic nitrogens is 1. The summed E-state index contributed by atoms with van der Waals surface area (Å²) in [6.07, 6.45) is 0. The molecule has 0 radical (unpaired) electrons. The quantitative estimate of drug-likeness (QED) is 0.193. The summed E-state index contributed by atoms with van der Waals surface area (Å²) in [4.78, 5) is 0. The van der Waals surface area contributed by atoms with E-state index in [1.807, 2.05) is 12.1 Å². The summed E-state index contributed by atoms with van der Waals surface area (Å²) < 4.78 is 2.42. The van der Waals surface area contributed by atoms with E-state index in [0.717, 1.165) is 10.9 Å². The summed E-state index contributed by atoms with van der Waals surface area (Å²) >= 11 is 0. The number of benzene rings is 7. The molecule has 7 aromatic carbocycles. The van der Waals surface area contributed by atoms with E-state index in [4.69, 9.17) is 0 Å². The Morgan fingerprint density at radius 2 is 1.14 bits per heavy atom. The van der Waals surface area contributed by atoms with Gasteiger partial charge in [0.2, 0.25) is 0 Å². The van der Waals surface area contributed by atoms with Crippen LogP contribution in [0.1, 0.15) is 30.5 Å². The average Bonchev–Trinajstić information content (AvgIpc) is 3.40. The second kappa shape index (κ2) is 8.93. The van der Waals surface area contributed by atoms with Crippen molar-refractivity contribution in [2.45, 2.75) is 19.3 Å². The Hall–Kier alpha value is -5.65. The maximum Gasteiger partial charge on any atom is 0.0991 e. The van der Waals surface area contributed by atoms with Crippen LogP contribution in [0.5, 0.6) is 0 Å². The highest BCUT2D eigenvalue weighted by molar-refractivity contribution is 6.21. The Morgan fingerprint density at radius 3 is 1.80 bits per heavy atom. The highest BCUT2D eigenvalue weighted by atomic mass is 15.0. The van der Waals surface area contributed by atoms with Crippen LogP contribution in [0.3, 0.4) is 0 Å². The van der Waals surface area contributed by atoms with Gasteiger partial charge in [-0.2, -0.15) is 5.26 Å². The molecule has 0 unspecified atom stereocenters. The Balaban J connectivity index is 1.38. The number of rotatable bonds is 2. The Bertz CT molecular complexity index is 2470. The molecule has 2 nitrogen and oxygen atoms in total. The normalized spacial score (nSPS) is 13.4. The molecule has 0 saturated heterocycles. The molecule has 0 bridgehead atoms. The Kier molecular flexibility index (Phi) is 5.05. The molecule has 206 valence electrons. The van der Waals surface area contributed by atoms with Gasteiger partial charge in [0.25, 0.3) is 0 Å². The maximum absolute atomic E-state index is 9.66. The minimum Gasteiger partial charge on any atom is -0.309 e. The van der Waals surface area contributed by atoms with Crippen LogP contribution in [-0.2, 0) is 5.41 Å². The number of nitriles is 1. The Morgan fingerprint density at radius 1 is 0.523 bits per heavy atom. The summed E-state index contributed by atoms with van der Waals surface area (Å²) in [6.45, 7) is 4.70. The number of fused-ring (bicyclic) bond motifs is 7. The van der Waals surface area contributed by atoms with E-state index in [0.29, 0.717) is 5.56 Å². The highest BCUT2D eigenvalue weighted by Crippen LogP contribution is 2.50. The molecule has 2 heteroatoms. The third-order valence-corrected chi connectivity index (χ3v) is 9.78. The van der Waals surface area contributed by atoms with Gasteiger partial charge in [-0.15, -0.1) is 0 Å². The minimum atomic E-state index is -0.219. The van der Waals surface area contributed by atoms with Crippen molar-refractivity contribution in [3.8, 4) is 34.0 Å². The van der Waals surface area contributed by atoms with Crippen molar-refractivity contribution in [1.82, 2.24) is 4.57 Å². The van der Waals surface area contributed by atoms with Crippen LogP contribution in [0.4, 0.5) is 0 Å². The van der Waals surface area contributed by atoms with Crippen LogP contribution in [0.25, 0.3) is 71.3 Å². The van der Waals surface area contributed by atoms with Crippen LogP contribution in [0.2, 0.25) is 0 Å². The summed E-state index contributed by atoms with van der Waals surface area (Å²) in [6, 6.07) is 50.6. The molecule has 0 fully saturated rings. The molecule has 8 aromatic rings. The molecule has 9 rings (SSSR count). The maximum atomic E-state index is 9.66. The van der Waals surface area contributed by atoms with Gasteiger partial charge in [0.15, 0.2) is 0 Å². The molecular formula is C42H28N2. The smallest absolute Gasteiger partial charge is 0.0991 e. The first-order valence-electron chi connectivity index (χ1n) is 15.2. The summed E-state index contributed by atoms with van der Waals surface area (Å²) in [5.74, 6) is 0. The summed E-state index contributed by atoms with van der Waals surface area (Å²) in [5.41, 5.74) is 11.7. The van der Waals surface area contributed by atoms with E-state index >= 15 is 0 Å². The van der Waals surface area contributed by atoms with Crippen LogP contribution < -0.4 is 0 Å². The van der Waals surface area contributed by atoms with Crippen molar-refractivity contribution in [1.29, 1.82) is 5.26 Å². The number of hydrogen-bond donors (Lipinski definition) is 0. The summed E-state index contributed by atoms with van der Waals surface area (Å²) in [7, 11) is 0. The van der Waals surface area contributed by atoms with Crippen LogP contribution in [0, 0.1) is 11.3 Å². The third-order valence-electron chi connectivity index (χ3n) is 9.78. The van der Waals surface area contributed by atoms with Gasteiger partial charge < -0.3 is 4.57 Å². The van der Waals surface area contributed by atoms with Crippen molar-refractivity contribution in [3.05, 3.63) is 150 Å². The molecule has 1 aliphatic heterocycles. The molecule has 0 amide bonds. The van der Waals surface area contributed by atoms with E-state index in [2.05, 4.69) is 146 Å². The zero-order valence-electron chi connectivity index (χ0n) is 24.6. The molecule has 44 heavy (non-hydrogen) atoms. The van der Waals surface area contributed by atoms with Gasteiger partial charge in [-0.25, -0.2) is 0 Å². The highest BCUT2D eigenvalue weighted by Gasteiger charge is 2.35. The van der Waals surface area contributed by atoms with E-state index in [1.54, 1.807) is 0 Å². The second-order valence-electron chi connectivity index (χ2n) is 12.4. The van der Waals surface area contributed by atoms with Crippen molar-refractivity contribution in [3.63, 3.8) is 0 Å². The molecule has 0 saturated carbocycles. The van der Waals surface area contributed by atoms with Gasteiger partial charge in [0, 0.05) is 16.2 Å². The van der Waals surface area contributed by atoms with Gasteiger partial charge in [0.05, 0.1) is 28.4 Å². The molecule has 0 atom stereocenters. The zero-order chi connectivity index (χ0) is 29.6. The molecule has 1 aromatic heterocycles. The van der Waals surface area contributed by atoms with Crippen LogP contribution in [0.15, 0.2) is 133 Å². The van der Waals surface area contributed by atoms with Gasteiger partial charge in [-0.05, 0) is 85.3 Å². The van der Waals surface area contributed by atoms with Gasteiger partial charge in [-0.3, -0.25) is 0 Å². The lowest BCUT2D eigenvalue weighted by molar-refractivity contribution is 0.630. The second-order valence-corrected chi connectivity index (χ2v) is 12.4. The zero-order valence-corrected chi connectivity index (χ0v) is 24.6. The van der Waals surface area contributed by atoms with Gasteiger partial charge in [-0.1, -0.05) is 117 Å². The monoisotopic (exact) mass is 560 g/mol. The van der Waals surface area contributed by atoms with E-state index < -0.39 is 0 Å². The SMILES string of the molecule is CC1(C)c2cc(-c3c4ccccc4c(-c4ccccc4)c4ccccc34)ccc2-n2c3ccc(C#N)cc3c3cccc1c32. The minimum absolute atomic E-state index is 0.219.